The van der Waals surface area contributed by atoms with E-state index in [4.69, 9.17) is 0 Å². The Kier molecular flexibility index (Phi) is 7.01. The van der Waals surface area contributed by atoms with E-state index in [0.717, 1.165) is 5.69 Å². The van der Waals surface area contributed by atoms with Crippen molar-refractivity contribution in [3.05, 3.63) is 24.3 Å². The molecule has 0 radical (unpaired) electrons. The second kappa shape index (κ2) is 6.60. The van der Waals surface area contributed by atoms with Gasteiger partial charge in [-0.25, -0.2) is 8.42 Å². The summed E-state index contributed by atoms with van der Waals surface area (Å²) in [5.74, 6) is 0. The van der Waals surface area contributed by atoms with Crippen molar-refractivity contribution in [2.45, 2.75) is 4.90 Å². The molecule has 1 aromatic rings. The predicted octanol–water partition coefficient (Wildman–Crippen LogP) is -1.69. The molecule has 0 unspecified atom stereocenters. The third-order valence-corrected chi connectivity index (χ3v) is 3.41. The Balaban J connectivity index is 0.00000196. The quantitative estimate of drug-likeness (QED) is 0.373. The SMILES string of the molecule is CN(C)c1ccc(SS(=O)(=O)[O-])cc1.[K+]. The van der Waals surface area contributed by atoms with Gasteiger partial charge >= 0.3 is 51.4 Å². The molecule has 0 saturated carbocycles. The summed E-state index contributed by atoms with van der Waals surface area (Å²) in [5.41, 5.74) is 0.956. The van der Waals surface area contributed by atoms with E-state index in [0.29, 0.717) is 15.7 Å². The molecule has 0 saturated heterocycles. The van der Waals surface area contributed by atoms with Crippen LogP contribution in [0.1, 0.15) is 0 Å². The fourth-order valence-electron chi connectivity index (χ4n) is 0.918. The molecule has 0 spiro atoms. The summed E-state index contributed by atoms with van der Waals surface area (Å²) in [6.07, 6.45) is 0. The van der Waals surface area contributed by atoms with E-state index in [1.165, 1.54) is 0 Å². The van der Waals surface area contributed by atoms with Crippen LogP contribution < -0.4 is 56.3 Å². The van der Waals surface area contributed by atoms with Crippen LogP contribution in [0.4, 0.5) is 5.69 Å². The predicted molar refractivity (Wildman–Crippen MR) is 56.3 cm³/mol. The third kappa shape index (κ3) is 6.27. The first-order valence-corrected chi connectivity index (χ1v) is 6.55. The van der Waals surface area contributed by atoms with Gasteiger partial charge in [0.05, 0.1) is 0 Å². The van der Waals surface area contributed by atoms with Crippen LogP contribution in [0.3, 0.4) is 0 Å². The van der Waals surface area contributed by atoms with Gasteiger partial charge in [-0.2, -0.15) is 0 Å². The molecule has 0 aliphatic heterocycles. The van der Waals surface area contributed by atoms with Crippen molar-refractivity contribution in [3.8, 4) is 0 Å². The van der Waals surface area contributed by atoms with Crippen LogP contribution in [0.2, 0.25) is 0 Å². The zero-order chi connectivity index (χ0) is 10.8. The first-order chi connectivity index (χ1) is 6.38. The van der Waals surface area contributed by atoms with Gasteiger partial charge in [0.25, 0.3) is 0 Å². The molecule has 0 aliphatic carbocycles. The zero-order valence-corrected chi connectivity index (χ0v) is 13.6. The second-order valence-corrected chi connectivity index (χ2v) is 6.06. The minimum Gasteiger partial charge on any atom is -0.739 e. The van der Waals surface area contributed by atoms with Gasteiger partial charge < -0.3 is 9.45 Å². The number of anilines is 1. The summed E-state index contributed by atoms with van der Waals surface area (Å²) in [6, 6.07) is 6.73. The van der Waals surface area contributed by atoms with Gasteiger partial charge in [-0.05, 0) is 35.1 Å². The molecule has 0 atom stereocenters. The number of hydrogen-bond acceptors (Lipinski definition) is 5. The summed E-state index contributed by atoms with van der Waals surface area (Å²) in [4.78, 5) is 2.32. The van der Waals surface area contributed by atoms with Gasteiger partial charge in [0.15, 0.2) is 9.15 Å². The van der Waals surface area contributed by atoms with Gasteiger partial charge in [0.2, 0.25) is 0 Å². The van der Waals surface area contributed by atoms with Crippen molar-refractivity contribution in [1.29, 1.82) is 0 Å². The maximum atomic E-state index is 10.4. The molecule has 0 aromatic heterocycles. The average molecular weight is 271 g/mol. The van der Waals surface area contributed by atoms with Crippen LogP contribution in [0.25, 0.3) is 0 Å². The minimum atomic E-state index is -4.26. The van der Waals surface area contributed by atoms with Crippen molar-refractivity contribution in [2.75, 3.05) is 19.0 Å². The van der Waals surface area contributed by atoms with Crippen molar-refractivity contribution in [2.24, 2.45) is 0 Å². The molecule has 7 heteroatoms. The van der Waals surface area contributed by atoms with Crippen LogP contribution >= 0.6 is 10.8 Å². The summed E-state index contributed by atoms with van der Waals surface area (Å²) in [5, 5.41) is 0. The number of benzene rings is 1. The van der Waals surface area contributed by atoms with Crippen LogP contribution in [0, 0.1) is 0 Å². The van der Waals surface area contributed by atoms with Crippen molar-refractivity contribution in [3.63, 3.8) is 0 Å². The molecule has 0 fully saturated rings. The fourth-order valence-corrected chi connectivity index (χ4v) is 2.44. The Morgan fingerprint density at radius 2 is 1.67 bits per heavy atom. The van der Waals surface area contributed by atoms with E-state index >= 15 is 0 Å². The minimum absolute atomic E-state index is 0. The summed E-state index contributed by atoms with van der Waals surface area (Å²) in [7, 11) is -0.175. The summed E-state index contributed by atoms with van der Waals surface area (Å²) >= 11 is 0. The molecule has 1 rings (SSSR count). The van der Waals surface area contributed by atoms with Crippen molar-refractivity contribution >= 4 is 25.6 Å². The van der Waals surface area contributed by atoms with Crippen LogP contribution in [-0.4, -0.2) is 27.1 Å². The normalized spacial score (nSPS) is 10.6. The van der Waals surface area contributed by atoms with Gasteiger partial charge in [0.1, 0.15) is 0 Å². The zero-order valence-electron chi connectivity index (χ0n) is 8.80. The molecule has 4 nitrogen and oxygen atoms in total. The fraction of sp³-hybridized carbons (Fsp3) is 0.250. The first kappa shape index (κ1) is 15.9. The smallest absolute Gasteiger partial charge is 0.739 e. The van der Waals surface area contributed by atoms with Gasteiger partial charge in [-0.3, -0.25) is 0 Å². The third-order valence-electron chi connectivity index (χ3n) is 1.55. The molecule has 0 N–H and O–H groups in total. The van der Waals surface area contributed by atoms with E-state index in [9.17, 15) is 13.0 Å². The van der Waals surface area contributed by atoms with Gasteiger partial charge in [0, 0.05) is 24.7 Å². The molecule has 0 heterocycles. The van der Waals surface area contributed by atoms with Gasteiger partial charge in [-0.1, -0.05) is 0 Å². The maximum absolute atomic E-state index is 10.4. The average Bonchev–Trinajstić information content (AvgIpc) is 2.02. The monoisotopic (exact) mass is 271 g/mol. The molecule has 0 amide bonds. The number of nitrogens with zero attached hydrogens (tertiary/aromatic N) is 1. The first-order valence-electron chi connectivity index (χ1n) is 3.81. The van der Waals surface area contributed by atoms with E-state index in [-0.39, 0.29) is 51.4 Å². The number of rotatable bonds is 3. The van der Waals surface area contributed by atoms with Crippen molar-refractivity contribution in [1.82, 2.24) is 0 Å². The van der Waals surface area contributed by atoms with E-state index in [1.807, 2.05) is 19.0 Å². The molecule has 15 heavy (non-hydrogen) atoms. The topological polar surface area (TPSA) is 60.4 Å². The Morgan fingerprint density at radius 3 is 2.00 bits per heavy atom. The second-order valence-electron chi connectivity index (χ2n) is 2.88. The Morgan fingerprint density at radius 1 is 1.20 bits per heavy atom. The van der Waals surface area contributed by atoms with Gasteiger partial charge in [-0.15, -0.1) is 0 Å². The molecule has 0 aliphatic rings. The van der Waals surface area contributed by atoms with E-state index in [1.54, 1.807) is 24.3 Å². The van der Waals surface area contributed by atoms with Crippen molar-refractivity contribution < 1.29 is 64.4 Å². The Hall–Kier alpha value is 0.916. The number of hydrogen-bond donors (Lipinski definition) is 0. The molecular formula is C8H10KNO3S2. The molecule has 78 valence electrons. The largest absolute Gasteiger partial charge is 1.00 e. The maximum Gasteiger partial charge on any atom is 1.00 e. The Bertz CT molecular complexity index is 402. The summed E-state index contributed by atoms with van der Waals surface area (Å²) in [6.45, 7) is 0. The summed E-state index contributed by atoms with van der Waals surface area (Å²) < 4.78 is 31.2. The van der Waals surface area contributed by atoms with E-state index < -0.39 is 9.15 Å². The van der Waals surface area contributed by atoms with Crippen LogP contribution in [0.15, 0.2) is 29.2 Å². The molecule has 0 bridgehead atoms. The molecular weight excluding hydrogens is 261 g/mol. The van der Waals surface area contributed by atoms with Crippen LogP contribution in [-0.2, 0) is 9.15 Å². The Labute approximate surface area is 136 Å². The van der Waals surface area contributed by atoms with Crippen LogP contribution in [0.5, 0.6) is 0 Å². The van der Waals surface area contributed by atoms with E-state index in [2.05, 4.69) is 0 Å². The standard InChI is InChI=1S/C8H11NO3S2.K/c1-9(2)7-3-5-8(6-4-7)13-14(10,11)12;/h3-6H,1-2H3,(H,10,11,12);/q;+1/p-1. The molecule has 1 aromatic carbocycles.